The van der Waals surface area contributed by atoms with E-state index < -0.39 is 0 Å². The van der Waals surface area contributed by atoms with E-state index in [1.165, 1.54) is 11.6 Å². The Morgan fingerprint density at radius 3 is 2.62 bits per heavy atom. The van der Waals surface area contributed by atoms with Gasteiger partial charge in [0.05, 0.1) is 0 Å². The number of aromatic amines is 1. The van der Waals surface area contributed by atoms with E-state index >= 15 is 0 Å². The van der Waals surface area contributed by atoms with Crippen LogP contribution in [0, 0.1) is 4.77 Å². The zero-order chi connectivity index (χ0) is 11.4. The highest BCUT2D eigenvalue weighted by Gasteiger charge is 1.95. The van der Waals surface area contributed by atoms with Crippen molar-refractivity contribution in [3.63, 3.8) is 0 Å². The molecule has 1 N–H and O–H groups in total. The summed E-state index contributed by atoms with van der Waals surface area (Å²) in [6.45, 7) is 0.777. The van der Waals surface area contributed by atoms with Crippen LogP contribution < -0.4 is 5.56 Å². The Morgan fingerprint density at radius 1 is 1.19 bits per heavy atom. The van der Waals surface area contributed by atoms with Crippen molar-refractivity contribution < 1.29 is 0 Å². The molecule has 82 valence electrons. The Morgan fingerprint density at radius 2 is 1.94 bits per heavy atom. The first-order chi connectivity index (χ1) is 7.75. The molecule has 0 spiro atoms. The maximum atomic E-state index is 11.0. The smallest absolute Gasteiger partial charge is 0.251 e. The average Bonchev–Trinajstić information content (AvgIpc) is 2.29. The normalized spacial score (nSPS) is 10.2. The first kappa shape index (κ1) is 10.8. The minimum Gasteiger partial charge on any atom is -0.325 e. The number of benzene rings is 1. The molecule has 0 amide bonds. The molecule has 1 aromatic carbocycles. The second-order valence-corrected chi connectivity index (χ2v) is 3.93. The molecular formula is C12H12N2OS. The van der Waals surface area contributed by atoms with Gasteiger partial charge >= 0.3 is 0 Å². The number of hydrogen-bond acceptors (Lipinski definition) is 2. The lowest BCUT2D eigenvalue weighted by Gasteiger charge is -2.05. The summed E-state index contributed by atoms with van der Waals surface area (Å²) in [5, 5.41) is 0. The van der Waals surface area contributed by atoms with Gasteiger partial charge in [-0.3, -0.25) is 9.78 Å². The fourth-order valence-corrected chi connectivity index (χ4v) is 1.77. The molecule has 0 unspecified atom stereocenters. The largest absolute Gasteiger partial charge is 0.325 e. The fourth-order valence-electron chi connectivity index (χ4n) is 1.51. The lowest BCUT2D eigenvalue weighted by molar-refractivity contribution is 0.662. The first-order valence-electron chi connectivity index (χ1n) is 5.09. The molecule has 0 radical (unpaired) electrons. The van der Waals surface area contributed by atoms with Crippen molar-refractivity contribution in [3.8, 4) is 0 Å². The van der Waals surface area contributed by atoms with Crippen LogP contribution >= 0.6 is 12.2 Å². The van der Waals surface area contributed by atoms with Crippen LogP contribution in [0.4, 0.5) is 0 Å². The van der Waals surface area contributed by atoms with E-state index in [2.05, 4.69) is 17.1 Å². The molecular weight excluding hydrogens is 220 g/mol. The predicted octanol–water partition coefficient (Wildman–Crippen LogP) is 2.15. The van der Waals surface area contributed by atoms with Gasteiger partial charge in [0.25, 0.3) is 5.56 Å². The highest BCUT2D eigenvalue weighted by atomic mass is 32.1. The van der Waals surface area contributed by atoms with E-state index in [0.29, 0.717) is 4.77 Å². The van der Waals surface area contributed by atoms with Gasteiger partial charge in [0.2, 0.25) is 0 Å². The van der Waals surface area contributed by atoms with Crippen molar-refractivity contribution in [2.45, 2.75) is 13.0 Å². The quantitative estimate of drug-likeness (QED) is 0.823. The van der Waals surface area contributed by atoms with Crippen LogP contribution in [0.25, 0.3) is 0 Å². The predicted molar refractivity (Wildman–Crippen MR) is 66.0 cm³/mol. The van der Waals surface area contributed by atoms with Crippen LogP contribution in [-0.2, 0) is 13.0 Å². The van der Waals surface area contributed by atoms with E-state index in [-0.39, 0.29) is 5.56 Å². The molecule has 0 aliphatic rings. The highest BCUT2D eigenvalue weighted by molar-refractivity contribution is 7.71. The lowest BCUT2D eigenvalue weighted by Crippen LogP contribution is -2.12. The Hall–Kier alpha value is -1.68. The van der Waals surface area contributed by atoms with E-state index in [1.807, 2.05) is 22.8 Å². The summed E-state index contributed by atoms with van der Waals surface area (Å²) < 4.78 is 2.34. The van der Waals surface area contributed by atoms with Gasteiger partial charge in [-0.05, 0) is 24.2 Å². The van der Waals surface area contributed by atoms with Gasteiger partial charge in [-0.25, -0.2) is 0 Å². The summed E-state index contributed by atoms with van der Waals surface area (Å²) in [6.07, 6.45) is 2.63. The Kier molecular flexibility index (Phi) is 3.31. The van der Waals surface area contributed by atoms with Gasteiger partial charge in [0, 0.05) is 18.8 Å². The van der Waals surface area contributed by atoms with Crippen molar-refractivity contribution in [2.24, 2.45) is 0 Å². The average molecular weight is 232 g/mol. The molecule has 0 aliphatic carbocycles. The zero-order valence-corrected chi connectivity index (χ0v) is 9.54. The van der Waals surface area contributed by atoms with Crippen LogP contribution in [0.5, 0.6) is 0 Å². The van der Waals surface area contributed by atoms with Crippen LogP contribution in [0.1, 0.15) is 5.56 Å². The molecule has 0 fully saturated rings. The first-order valence-corrected chi connectivity index (χ1v) is 5.50. The third kappa shape index (κ3) is 2.67. The molecule has 0 saturated heterocycles. The summed E-state index contributed by atoms with van der Waals surface area (Å²) in [5.41, 5.74) is 1.11. The van der Waals surface area contributed by atoms with Crippen LogP contribution in [0.2, 0.25) is 0 Å². The van der Waals surface area contributed by atoms with Crippen LogP contribution in [-0.4, -0.2) is 9.55 Å². The van der Waals surface area contributed by atoms with Gasteiger partial charge < -0.3 is 4.57 Å². The SMILES string of the molecule is O=c1ccn(CCc2ccccc2)c(=S)[nH]1. The molecule has 4 heteroatoms. The van der Waals surface area contributed by atoms with E-state index in [1.54, 1.807) is 6.20 Å². The number of rotatable bonds is 3. The van der Waals surface area contributed by atoms with Crippen LogP contribution in [0.3, 0.4) is 0 Å². The highest BCUT2D eigenvalue weighted by Crippen LogP contribution is 2.01. The topological polar surface area (TPSA) is 37.8 Å². The van der Waals surface area contributed by atoms with Crippen molar-refractivity contribution >= 4 is 12.2 Å². The molecule has 1 heterocycles. The summed E-state index contributed by atoms with van der Waals surface area (Å²) in [6, 6.07) is 11.7. The molecule has 0 atom stereocenters. The lowest BCUT2D eigenvalue weighted by atomic mass is 10.1. The van der Waals surface area contributed by atoms with Crippen LogP contribution in [0.15, 0.2) is 47.4 Å². The summed E-state index contributed by atoms with van der Waals surface area (Å²) in [5.74, 6) is 0. The monoisotopic (exact) mass is 232 g/mol. The van der Waals surface area contributed by atoms with Gasteiger partial charge in [-0.15, -0.1) is 0 Å². The molecule has 1 aromatic heterocycles. The number of nitrogens with zero attached hydrogens (tertiary/aromatic N) is 1. The maximum absolute atomic E-state index is 11.0. The number of aromatic nitrogens is 2. The number of nitrogens with one attached hydrogen (secondary N) is 1. The van der Waals surface area contributed by atoms with Crippen molar-refractivity contribution in [2.75, 3.05) is 0 Å². The van der Waals surface area contributed by atoms with Gasteiger partial charge in [0.15, 0.2) is 4.77 Å². The molecule has 2 aromatic rings. The molecule has 16 heavy (non-hydrogen) atoms. The van der Waals surface area contributed by atoms with Crippen molar-refractivity contribution in [3.05, 3.63) is 63.3 Å². The Balaban J connectivity index is 2.11. The van der Waals surface area contributed by atoms with Crippen molar-refractivity contribution in [1.29, 1.82) is 0 Å². The summed E-state index contributed by atoms with van der Waals surface area (Å²) in [4.78, 5) is 13.6. The zero-order valence-electron chi connectivity index (χ0n) is 8.72. The summed E-state index contributed by atoms with van der Waals surface area (Å²) in [7, 11) is 0. The third-order valence-electron chi connectivity index (χ3n) is 2.38. The Bertz CT molecular complexity index is 571. The molecule has 0 aliphatic heterocycles. The fraction of sp³-hybridized carbons (Fsp3) is 0.167. The van der Waals surface area contributed by atoms with Crippen molar-refractivity contribution in [1.82, 2.24) is 9.55 Å². The minimum atomic E-state index is -0.152. The molecule has 3 nitrogen and oxygen atoms in total. The molecule has 0 saturated carbocycles. The van der Waals surface area contributed by atoms with E-state index in [9.17, 15) is 4.79 Å². The van der Waals surface area contributed by atoms with E-state index in [4.69, 9.17) is 12.2 Å². The standard InChI is InChI=1S/C12H12N2OS/c15-11-7-9-14(12(16)13-11)8-6-10-4-2-1-3-5-10/h1-5,7,9H,6,8H2,(H,13,15,16). The third-order valence-corrected chi connectivity index (χ3v) is 2.72. The summed E-state index contributed by atoms with van der Waals surface area (Å²) >= 11 is 5.06. The molecule has 2 rings (SSSR count). The minimum absolute atomic E-state index is 0.152. The second kappa shape index (κ2) is 4.90. The van der Waals surface area contributed by atoms with Gasteiger partial charge in [-0.2, -0.15) is 0 Å². The van der Waals surface area contributed by atoms with E-state index in [0.717, 1.165) is 13.0 Å². The van der Waals surface area contributed by atoms with Gasteiger partial charge in [0.1, 0.15) is 0 Å². The number of aryl methyl sites for hydroxylation is 2. The Labute approximate surface area is 98.4 Å². The second-order valence-electron chi connectivity index (χ2n) is 3.54. The van der Waals surface area contributed by atoms with Gasteiger partial charge in [-0.1, -0.05) is 30.3 Å². The molecule has 0 bridgehead atoms. The maximum Gasteiger partial charge on any atom is 0.251 e. The number of hydrogen-bond donors (Lipinski definition) is 1. The number of H-pyrrole nitrogens is 1.